The van der Waals surface area contributed by atoms with Crippen molar-refractivity contribution < 1.29 is 19.0 Å². The summed E-state index contributed by atoms with van der Waals surface area (Å²) in [6, 6.07) is -0.0497. The molecule has 2 saturated carbocycles. The lowest BCUT2D eigenvalue weighted by molar-refractivity contribution is -0.218. The highest BCUT2D eigenvalue weighted by Crippen LogP contribution is 2.58. The number of methoxy groups -OCH3 is 1. The summed E-state index contributed by atoms with van der Waals surface area (Å²) in [5.41, 5.74) is 1.69. The van der Waals surface area contributed by atoms with Gasteiger partial charge in [-0.15, -0.1) is 0 Å². The Hall–Kier alpha value is -0.910. The number of ether oxygens (including phenoxy) is 3. The summed E-state index contributed by atoms with van der Waals surface area (Å²) in [7, 11) is 1.50. The van der Waals surface area contributed by atoms with E-state index in [1.54, 1.807) is 0 Å². The Morgan fingerprint density at radius 3 is 3.04 bits per heavy atom. The van der Waals surface area contributed by atoms with Crippen molar-refractivity contribution in [3.05, 3.63) is 12.2 Å². The molecule has 4 rings (SSSR count). The SMILES string of the molecule is C=C1CCC2C3COCOC3CCC2(C)C1CCN1CCCC1C(=O)OC. The van der Waals surface area contributed by atoms with Crippen LogP contribution in [0.1, 0.15) is 51.9 Å². The molecule has 2 saturated heterocycles. The van der Waals surface area contributed by atoms with Crippen molar-refractivity contribution >= 4 is 5.97 Å². The van der Waals surface area contributed by atoms with Crippen LogP contribution in [0.2, 0.25) is 0 Å². The van der Waals surface area contributed by atoms with Crippen LogP contribution in [-0.2, 0) is 19.0 Å². The summed E-state index contributed by atoms with van der Waals surface area (Å²) in [6.45, 7) is 10.2. The minimum atomic E-state index is -0.0731. The van der Waals surface area contributed by atoms with Crippen LogP contribution in [0.15, 0.2) is 12.2 Å². The van der Waals surface area contributed by atoms with Crippen molar-refractivity contribution in [1.29, 1.82) is 0 Å². The number of likely N-dealkylation sites (tertiary alicyclic amines) is 1. The van der Waals surface area contributed by atoms with Crippen molar-refractivity contribution in [2.45, 2.75) is 64.0 Å². The molecule has 0 bridgehead atoms. The molecule has 152 valence electrons. The fraction of sp³-hybridized carbons (Fsp3) is 0.864. The van der Waals surface area contributed by atoms with E-state index in [1.165, 1.54) is 25.5 Å². The molecule has 0 radical (unpaired) electrons. The van der Waals surface area contributed by atoms with E-state index in [-0.39, 0.29) is 17.4 Å². The minimum absolute atomic E-state index is 0.0497. The number of nitrogens with zero attached hydrogens (tertiary/aromatic N) is 1. The second-order valence-corrected chi connectivity index (χ2v) is 9.26. The largest absolute Gasteiger partial charge is 0.468 e. The number of rotatable bonds is 4. The van der Waals surface area contributed by atoms with Gasteiger partial charge in [0.1, 0.15) is 12.8 Å². The fourth-order valence-electron chi connectivity index (χ4n) is 6.63. The third-order valence-electron chi connectivity index (χ3n) is 8.09. The first-order valence-electron chi connectivity index (χ1n) is 10.7. The number of esters is 1. The monoisotopic (exact) mass is 377 g/mol. The summed E-state index contributed by atoms with van der Waals surface area (Å²) < 4.78 is 16.6. The van der Waals surface area contributed by atoms with Gasteiger partial charge in [0.05, 0.1) is 19.8 Å². The number of allylic oxidation sites excluding steroid dienone is 1. The van der Waals surface area contributed by atoms with Crippen LogP contribution in [0, 0.1) is 23.2 Å². The second kappa shape index (κ2) is 7.84. The summed E-state index contributed by atoms with van der Waals surface area (Å²) in [4.78, 5) is 14.4. The van der Waals surface area contributed by atoms with Gasteiger partial charge in [-0.1, -0.05) is 19.1 Å². The Bertz CT molecular complexity index is 579. The first kappa shape index (κ1) is 19.4. The lowest BCUT2D eigenvalue weighted by Crippen LogP contribution is -2.54. The molecule has 6 atom stereocenters. The maximum atomic E-state index is 12.1. The Morgan fingerprint density at radius 2 is 2.22 bits per heavy atom. The van der Waals surface area contributed by atoms with E-state index in [9.17, 15) is 4.79 Å². The predicted molar refractivity (Wildman–Crippen MR) is 103 cm³/mol. The molecule has 0 N–H and O–H groups in total. The topological polar surface area (TPSA) is 48.0 Å². The van der Waals surface area contributed by atoms with Gasteiger partial charge in [-0.25, -0.2) is 0 Å². The molecule has 2 aliphatic carbocycles. The van der Waals surface area contributed by atoms with Crippen molar-refractivity contribution in [1.82, 2.24) is 4.90 Å². The molecule has 0 aromatic carbocycles. The van der Waals surface area contributed by atoms with E-state index in [2.05, 4.69) is 18.4 Å². The van der Waals surface area contributed by atoms with E-state index >= 15 is 0 Å². The standard InChI is InChI=1S/C22H35NO4/c1-15-6-7-18-16-13-26-14-27-20(16)8-10-22(18,2)17(15)9-12-23-11-4-5-19(23)21(24)25-3/h16-20H,1,4-14H2,2-3H3. The quantitative estimate of drug-likeness (QED) is 0.555. The van der Waals surface area contributed by atoms with E-state index < -0.39 is 0 Å². The highest BCUT2D eigenvalue weighted by Gasteiger charge is 2.53. The van der Waals surface area contributed by atoms with Gasteiger partial charge >= 0.3 is 5.97 Å². The smallest absolute Gasteiger partial charge is 0.323 e. The Balaban J connectivity index is 1.46. The zero-order valence-corrected chi connectivity index (χ0v) is 17.0. The highest BCUT2D eigenvalue weighted by atomic mass is 16.7. The predicted octanol–water partition coefficient (Wildman–Crippen LogP) is 3.39. The van der Waals surface area contributed by atoms with Crippen LogP contribution in [0.3, 0.4) is 0 Å². The molecule has 4 fully saturated rings. The van der Waals surface area contributed by atoms with Gasteiger partial charge in [0.15, 0.2) is 0 Å². The summed E-state index contributed by atoms with van der Waals surface area (Å²) in [5.74, 6) is 1.64. The lowest BCUT2D eigenvalue weighted by Gasteiger charge is -2.57. The van der Waals surface area contributed by atoms with Crippen LogP contribution in [0.5, 0.6) is 0 Å². The molecule has 2 aliphatic heterocycles. The molecular formula is C22H35NO4. The van der Waals surface area contributed by atoms with E-state index in [0.29, 0.717) is 30.7 Å². The molecule has 2 heterocycles. The lowest BCUT2D eigenvalue weighted by atomic mass is 9.50. The van der Waals surface area contributed by atoms with Gasteiger partial charge in [-0.2, -0.15) is 0 Å². The van der Waals surface area contributed by atoms with E-state index in [4.69, 9.17) is 14.2 Å². The molecule has 4 aliphatic rings. The van der Waals surface area contributed by atoms with Gasteiger partial charge in [0, 0.05) is 5.92 Å². The molecule has 0 spiro atoms. The normalized spacial score (nSPS) is 42.4. The number of hydrogen-bond donors (Lipinski definition) is 0. The molecule has 5 nitrogen and oxygen atoms in total. The van der Waals surface area contributed by atoms with Crippen molar-refractivity contribution in [2.75, 3.05) is 33.6 Å². The maximum Gasteiger partial charge on any atom is 0.323 e. The summed E-state index contributed by atoms with van der Waals surface area (Å²) in [5, 5.41) is 0. The number of hydrogen-bond acceptors (Lipinski definition) is 5. The molecule has 6 unspecified atom stereocenters. The van der Waals surface area contributed by atoms with Crippen molar-refractivity contribution in [2.24, 2.45) is 23.2 Å². The van der Waals surface area contributed by atoms with Gasteiger partial charge in [0.25, 0.3) is 0 Å². The average molecular weight is 378 g/mol. The van der Waals surface area contributed by atoms with Crippen LogP contribution in [-0.4, -0.2) is 56.6 Å². The Morgan fingerprint density at radius 1 is 1.37 bits per heavy atom. The number of carbonyl (C=O) groups is 1. The third-order valence-corrected chi connectivity index (χ3v) is 8.09. The zero-order valence-electron chi connectivity index (χ0n) is 17.0. The first-order valence-corrected chi connectivity index (χ1v) is 10.7. The van der Waals surface area contributed by atoms with E-state index in [0.717, 1.165) is 51.8 Å². The summed E-state index contributed by atoms with van der Waals surface area (Å²) >= 11 is 0. The Labute approximate surface area is 163 Å². The van der Waals surface area contributed by atoms with Crippen molar-refractivity contribution in [3.63, 3.8) is 0 Å². The third kappa shape index (κ3) is 3.47. The molecule has 0 aromatic rings. The molecule has 0 aromatic heterocycles. The summed E-state index contributed by atoms with van der Waals surface area (Å²) in [6.07, 6.45) is 8.18. The molecule has 5 heteroatoms. The minimum Gasteiger partial charge on any atom is -0.468 e. The second-order valence-electron chi connectivity index (χ2n) is 9.26. The van der Waals surface area contributed by atoms with Gasteiger partial charge in [-0.3, -0.25) is 9.69 Å². The average Bonchev–Trinajstić information content (AvgIpc) is 3.15. The zero-order chi connectivity index (χ0) is 19.0. The molecule has 0 amide bonds. The van der Waals surface area contributed by atoms with E-state index in [1.807, 2.05) is 0 Å². The Kier molecular flexibility index (Phi) is 5.64. The van der Waals surface area contributed by atoms with Gasteiger partial charge < -0.3 is 14.2 Å². The van der Waals surface area contributed by atoms with Crippen LogP contribution in [0.25, 0.3) is 0 Å². The molecule has 27 heavy (non-hydrogen) atoms. The van der Waals surface area contributed by atoms with Gasteiger partial charge in [-0.05, 0) is 75.3 Å². The number of fused-ring (bicyclic) bond motifs is 3. The van der Waals surface area contributed by atoms with Crippen LogP contribution >= 0.6 is 0 Å². The van der Waals surface area contributed by atoms with Crippen LogP contribution < -0.4 is 0 Å². The highest BCUT2D eigenvalue weighted by molar-refractivity contribution is 5.75. The van der Waals surface area contributed by atoms with Crippen molar-refractivity contribution in [3.8, 4) is 0 Å². The number of carbonyl (C=O) groups excluding carboxylic acids is 1. The molecular weight excluding hydrogens is 342 g/mol. The maximum absolute atomic E-state index is 12.1. The fourth-order valence-corrected chi connectivity index (χ4v) is 6.63. The van der Waals surface area contributed by atoms with Crippen LogP contribution in [0.4, 0.5) is 0 Å². The first-order chi connectivity index (χ1) is 13.0. The van der Waals surface area contributed by atoms with Gasteiger partial charge in [0.2, 0.25) is 0 Å².